The molecule has 2 aromatic carbocycles. The van der Waals surface area contributed by atoms with Crippen molar-refractivity contribution in [2.45, 2.75) is 92.6 Å². The van der Waals surface area contributed by atoms with Gasteiger partial charge in [0.05, 0.1) is 13.2 Å². The van der Waals surface area contributed by atoms with Gasteiger partial charge in [-0.25, -0.2) is 0 Å². The van der Waals surface area contributed by atoms with Crippen LogP contribution in [0.2, 0.25) is 0 Å². The van der Waals surface area contributed by atoms with Gasteiger partial charge in [-0.05, 0) is 52.5 Å². The summed E-state index contributed by atoms with van der Waals surface area (Å²) >= 11 is 0. The normalized spacial score (nSPS) is 42.4. The number of aliphatic hydroxyl groups is 8. The minimum atomic E-state index is -1.43. The first-order chi connectivity index (χ1) is 18.5. The summed E-state index contributed by atoms with van der Waals surface area (Å²) in [4.78, 5) is 0. The van der Waals surface area contributed by atoms with Gasteiger partial charge in [0, 0.05) is 0 Å². The molecule has 2 aromatic rings. The summed E-state index contributed by atoms with van der Waals surface area (Å²) in [6.45, 7) is 3.11. The van der Waals surface area contributed by atoms with Crippen molar-refractivity contribution in [1.29, 1.82) is 0 Å². The summed E-state index contributed by atoms with van der Waals surface area (Å²) in [5, 5.41) is 80.4. The molecule has 2 heterocycles. The highest BCUT2D eigenvalue weighted by Crippen LogP contribution is 2.60. The van der Waals surface area contributed by atoms with Gasteiger partial charge in [-0.1, -0.05) is 49.4 Å². The molecule has 12 atom stereocenters. The molecular formula is C29H38O10. The molecule has 2 aliphatic heterocycles. The topological polar surface area (TPSA) is 180 Å². The monoisotopic (exact) mass is 546 g/mol. The molecular weight excluding hydrogens is 508 g/mol. The minimum Gasteiger partial charge on any atom is -0.394 e. The second-order valence-electron chi connectivity index (χ2n) is 11.4. The molecule has 0 radical (unpaired) electrons. The smallest absolute Gasteiger partial charge is 0.113 e. The van der Waals surface area contributed by atoms with Gasteiger partial charge in [0.25, 0.3) is 0 Å². The third-order valence-corrected chi connectivity index (χ3v) is 8.92. The van der Waals surface area contributed by atoms with E-state index in [0.29, 0.717) is 11.1 Å². The zero-order valence-electron chi connectivity index (χ0n) is 21.9. The van der Waals surface area contributed by atoms with Gasteiger partial charge < -0.3 is 50.3 Å². The number of hydrogen-bond acceptors (Lipinski definition) is 10. The SMILES string of the molecule is Cc1cc(C2(C)CC2c2ccc([C@H]3O[C@H](CO)[C@@H](O)[C@H](O)[C@@H]3O)cc2)ccc1[C@H]1O[C@H](CO)[C@@H](O)[C@H](O)[C@@H]1O. The van der Waals surface area contributed by atoms with Crippen LogP contribution in [0.25, 0.3) is 0 Å². The maximum absolute atomic E-state index is 10.5. The molecule has 0 spiro atoms. The average Bonchev–Trinajstić information content (AvgIpc) is 3.64. The number of rotatable bonds is 6. The van der Waals surface area contributed by atoms with Crippen LogP contribution in [0.4, 0.5) is 0 Å². The average molecular weight is 547 g/mol. The van der Waals surface area contributed by atoms with Gasteiger partial charge in [0.15, 0.2) is 0 Å². The van der Waals surface area contributed by atoms with Gasteiger partial charge in [0.1, 0.15) is 61.0 Å². The predicted molar refractivity (Wildman–Crippen MR) is 138 cm³/mol. The molecule has 39 heavy (non-hydrogen) atoms. The molecule has 3 aliphatic rings. The fourth-order valence-electron chi connectivity index (χ4n) is 6.17. The highest BCUT2D eigenvalue weighted by molar-refractivity contribution is 5.46. The molecule has 1 saturated carbocycles. The maximum Gasteiger partial charge on any atom is 0.113 e. The number of aliphatic hydroxyl groups excluding tert-OH is 8. The van der Waals surface area contributed by atoms with Crippen LogP contribution >= 0.6 is 0 Å². The van der Waals surface area contributed by atoms with Crippen LogP contribution in [0.3, 0.4) is 0 Å². The first-order valence-corrected chi connectivity index (χ1v) is 13.3. The van der Waals surface area contributed by atoms with E-state index in [1.165, 1.54) is 0 Å². The van der Waals surface area contributed by atoms with Crippen LogP contribution < -0.4 is 0 Å². The van der Waals surface area contributed by atoms with E-state index in [9.17, 15) is 40.9 Å². The highest BCUT2D eigenvalue weighted by Gasteiger charge is 2.52. The molecule has 0 bridgehead atoms. The lowest BCUT2D eigenvalue weighted by Gasteiger charge is -2.40. The van der Waals surface area contributed by atoms with E-state index >= 15 is 0 Å². The molecule has 1 aliphatic carbocycles. The minimum absolute atomic E-state index is 0.136. The summed E-state index contributed by atoms with van der Waals surface area (Å²) < 4.78 is 11.4. The number of benzene rings is 2. The fourth-order valence-corrected chi connectivity index (χ4v) is 6.17. The first-order valence-electron chi connectivity index (χ1n) is 13.3. The van der Waals surface area contributed by atoms with Crippen LogP contribution in [-0.2, 0) is 14.9 Å². The lowest BCUT2D eigenvalue weighted by atomic mass is 9.86. The van der Waals surface area contributed by atoms with Crippen molar-refractivity contribution in [1.82, 2.24) is 0 Å². The Hall–Kier alpha value is -1.96. The third kappa shape index (κ3) is 4.93. The number of hydrogen-bond donors (Lipinski definition) is 8. The van der Waals surface area contributed by atoms with Gasteiger partial charge in [-0.15, -0.1) is 0 Å². The van der Waals surface area contributed by atoms with E-state index in [0.717, 1.165) is 23.1 Å². The van der Waals surface area contributed by atoms with E-state index in [4.69, 9.17) is 9.47 Å². The summed E-state index contributed by atoms with van der Waals surface area (Å²) in [7, 11) is 0. The maximum atomic E-state index is 10.5. The van der Waals surface area contributed by atoms with Crippen LogP contribution in [0.5, 0.6) is 0 Å². The lowest BCUT2D eigenvalue weighted by molar-refractivity contribution is -0.231. The molecule has 214 valence electrons. The van der Waals surface area contributed by atoms with Gasteiger partial charge in [-0.3, -0.25) is 0 Å². The van der Waals surface area contributed by atoms with Crippen LogP contribution in [0.1, 0.15) is 59.3 Å². The van der Waals surface area contributed by atoms with Gasteiger partial charge >= 0.3 is 0 Å². The Morgan fingerprint density at radius 3 is 1.74 bits per heavy atom. The van der Waals surface area contributed by atoms with Crippen molar-refractivity contribution >= 4 is 0 Å². The van der Waals surface area contributed by atoms with Gasteiger partial charge in [0.2, 0.25) is 0 Å². The summed E-state index contributed by atoms with van der Waals surface area (Å²) in [5.74, 6) is 0.235. The molecule has 2 unspecified atom stereocenters. The summed E-state index contributed by atoms with van der Waals surface area (Å²) in [5.41, 5.74) is 4.25. The highest BCUT2D eigenvalue weighted by atomic mass is 16.6. The molecule has 0 aromatic heterocycles. The van der Waals surface area contributed by atoms with Gasteiger partial charge in [-0.2, -0.15) is 0 Å². The Morgan fingerprint density at radius 2 is 1.21 bits per heavy atom. The fraction of sp³-hybridized carbons (Fsp3) is 0.586. The summed E-state index contributed by atoms with van der Waals surface area (Å²) in [6.07, 6.45) is -11.1. The lowest BCUT2D eigenvalue weighted by Crippen LogP contribution is -2.55. The van der Waals surface area contributed by atoms with Crippen molar-refractivity contribution in [2.24, 2.45) is 0 Å². The Morgan fingerprint density at radius 1 is 0.692 bits per heavy atom. The van der Waals surface area contributed by atoms with Crippen molar-refractivity contribution in [3.8, 4) is 0 Å². The second kappa shape index (κ2) is 10.8. The predicted octanol–water partition coefficient (Wildman–Crippen LogP) is -0.530. The van der Waals surface area contributed by atoms with Crippen molar-refractivity contribution in [3.63, 3.8) is 0 Å². The zero-order valence-corrected chi connectivity index (χ0v) is 21.9. The Bertz CT molecular complexity index is 1150. The molecule has 5 rings (SSSR count). The van der Waals surface area contributed by atoms with Crippen molar-refractivity contribution < 1.29 is 50.3 Å². The molecule has 10 nitrogen and oxygen atoms in total. The molecule has 0 amide bonds. The first kappa shape index (κ1) is 28.6. The quantitative estimate of drug-likeness (QED) is 0.235. The van der Waals surface area contributed by atoms with E-state index in [1.807, 2.05) is 49.4 Å². The van der Waals surface area contributed by atoms with E-state index in [2.05, 4.69) is 6.92 Å². The van der Waals surface area contributed by atoms with Crippen LogP contribution in [0, 0.1) is 6.92 Å². The Balaban J connectivity index is 1.31. The zero-order chi connectivity index (χ0) is 28.2. The second-order valence-corrected chi connectivity index (χ2v) is 11.4. The molecule has 8 N–H and O–H groups in total. The standard InChI is InChI=1S/C29H38O10/c1-13-9-16(7-8-17(13)28-26(37)24(35)22(33)20(12-31)39-28)29(2)10-18(29)14-3-5-15(6-4-14)27-25(36)23(34)21(32)19(11-30)38-27/h3-9,18-28,30-37H,10-12H2,1-2H3/t18?,19-,20-,21-,22-,23+,24+,25+,26+,27-,28-,29?/m1/s1. The molecule has 10 heteroatoms. The van der Waals surface area contributed by atoms with Crippen molar-refractivity contribution in [2.75, 3.05) is 13.2 Å². The molecule has 3 fully saturated rings. The van der Waals surface area contributed by atoms with Crippen LogP contribution in [0.15, 0.2) is 42.5 Å². The summed E-state index contributed by atoms with van der Waals surface area (Å²) in [6, 6.07) is 13.5. The largest absolute Gasteiger partial charge is 0.394 e. The van der Waals surface area contributed by atoms with E-state index < -0.39 is 74.3 Å². The van der Waals surface area contributed by atoms with E-state index in [1.54, 1.807) is 0 Å². The van der Waals surface area contributed by atoms with E-state index in [-0.39, 0.29) is 11.3 Å². The Kier molecular flexibility index (Phi) is 7.90. The number of aryl methyl sites for hydroxylation is 1. The van der Waals surface area contributed by atoms with Crippen molar-refractivity contribution in [3.05, 3.63) is 70.3 Å². The molecule has 2 saturated heterocycles. The third-order valence-electron chi connectivity index (χ3n) is 8.92. The van der Waals surface area contributed by atoms with Crippen LogP contribution in [-0.4, -0.2) is 103 Å². The Labute approximate surface area is 226 Å². The number of ether oxygens (including phenoxy) is 2.